The Morgan fingerprint density at radius 3 is 2.18 bits per heavy atom. The number of rotatable bonds is 4. The second-order valence-electron chi connectivity index (χ2n) is 8.65. The molecule has 0 saturated heterocycles. The van der Waals surface area contributed by atoms with E-state index in [4.69, 9.17) is 4.74 Å². The first-order chi connectivity index (χ1) is 16.6. The molecule has 0 saturated carbocycles. The summed E-state index contributed by atoms with van der Waals surface area (Å²) in [6.45, 7) is 0. The van der Waals surface area contributed by atoms with Crippen molar-refractivity contribution < 1.29 is 9.66 Å². The van der Waals surface area contributed by atoms with Crippen LogP contribution in [-0.2, 0) is 0 Å². The molecule has 2 heterocycles. The summed E-state index contributed by atoms with van der Waals surface area (Å²) in [6, 6.07) is 30.1. The molecule has 6 nitrogen and oxygen atoms in total. The number of nitro groups is 1. The SMILES string of the molecule is COc1ccc2c(c1)[C@H](n1c3ccccc3c3ccccc31)C[C@@H](c1ccc([N+](=O)[O-])cc1)N2. The maximum Gasteiger partial charge on any atom is 0.269 e. The Labute approximate surface area is 196 Å². The number of methoxy groups -OCH3 is 1. The summed E-state index contributed by atoms with van der Waals surface area (Å²) in [5.74, 6) is 0.820. The molecular weight excluding hydrogens is 426 g/mol. The second kappa shape index (κ2) is 7.92. The largest absolute Gasteiger partial charge is 0.497 e. The standard InChI is InChI=1S/C28H23N3O3/c1-34-20-14-15-24-23(16-20)28(17-25(29-24)18-10-12-19(13-11-18)31(32)33)30-26-8-4-2-6-21(26)22-7-3-5-9-27(22)30/h2-16,25,28-29H,17H2,1H3/t25-,28+/m0/s1. The zero-order chi connectivity index (χ0) is 23.2. The van der Waals surface area contributed by atoms with Crippen LogP contribution in [0.25, 0.3) is 21.8 Å². The third-order valence-electron chi connectivity index (χ3n) is 6.84. The number of anilines is 1. The van der Waals surface area contributed by atoms with Gasteiger partial charge in [-0.2, -0.15) is 0 Å². The monoisotopic (exact) mass is 449 g/mol. The van der Waals surface area contributed by atoms with Crippen molar-refractivity contribution in [2.24, 2.45) is 0 Å². The van der Waals surface area contributed by atoms with E-state index in [-0.39, 0.29) is 22.7 Å². The minimum Gasteiger partial charge on any atom is -0.497 e. The van der Waals surface area contributed by atoms with E-state index in [1.54, 1.807) is 19.2 Å². The Morgan fingerprint density at radius 1 is 0.912 bits per heavy atom. The van der Waals surface area contributed by atoms with Crippen LogP contribution in [0.15, 0.2) is 91.0 Å². The number of hydrogen-bond donors (Lipinski definition) is 1. The van der Waals surface area contributed by atoms with Crippen molar-refractivity contribution in [3.63, 3.8) is 0 Å². The fraction of sp³-hybridized carbons (Fsp3) is 0.143. The number of nitrogens with zero attached hydrogens (tertiary/aromatic N) is 2. The number of non-ortho nitro benzene ring substituents is 1. The van der Waals surface area contributed by atoms with Gasteiger partial charge in [0, 0.05) is 45.2 Å². The molecule has 0 amide bonds. The van der Waals surface area contributed by atoms with Crippen molar-refractivity contribution in [3.05, 3.63) is 112 Å². The highest BCUT2D eigenvalue weighted by Crippen LogP contribution is 2.45. The molecule has 4 aromatic carbocycles. The van der Waals surface area contributed by atoms with Crippen LogP contribution >= 0.6 is 0 Å². The van der Waals surface area contributed by atoms with E-state index >= 15 is 0 Å². The molecule has 0 fully saturated rings. The van der Waals surface area contributed by atoms with Crippen LogP contribution in [0.3, 0.4) is 0 Å². The molecule has 0 bridgehead atoms. The summed E-state index contributed by atoms with van der Waals surface area (Å²) in [5, 5.41) is 17.3. The van der Waals surface area contributed by atoms with E-state index in [2.05, 4.69) is 70.5 Å². The van der Waals surface area contributed by atoms with Crippen molar-refractivity contribution >= 4 is 33.2 Å². The van der Waals surface area contributed by atoms with Gasteiger partial charge in [-0.3, -0.25) is 10.1 Å². The summed E-state index contributed by atoms with van der Waals surface area (Å²) in [4.78, 5) is 10.8. The third-order valence-corrected chi connectivity index (χ3v) is 6.84. The predicted octanol–water partition coefficient (Wildman–Crippen LogP) is 6.86. The first-order valence-corrected chi connectivity index (χ1v) is 11.3. The summed E-state index contributed by atoms with van der Waals surface area (Å²) in [6.07, 6.45) is 0.792. The van der Waals surface area contributed by atoms with Crippen molar-refractivity contribution in [1.82, 2.24) is 4.57 Å². The van der Waals surface area contributed by atoms with E-state index in [0.717, 1.165) is 23.4 Å². The lowest BCUT2D eigenvalue weighted by atomic mass is 9.88. The Bertz CT molecular complexity index is 1490. The van der Waals surface area contributed by atoms with Crippen molar-refractivity contribution in [2.45, 2.75) is 18.5 Å². The zero-order valence-corrected chi connectivity index (χ0v) is 18.6. The maximum atomic E-state index is 11.1. The molecule has 34 heavy (non-hydrogen) atoms. The first kappa shape index (κ1) is 20.3. The molecule has 0 unspecified atom stereocenters. The van der Waals surface area contributed by atoms with Gasteiger partial charge in [0.25, 0.3) is 5.69 Å². The van der Waals surface area contributed by atoms with Gasteiger partial charge < -0.3 is 14.6 Å². The second-order valence-corrected chi connectivity index (χ2v) is 8.65. The molecule has 1 N–H and O–H groups in total. The summed E-state index contributed by atoms with van der Waals surface area (Å²) < 4.78 is 8.00. The molecule has 6 rings (SSSR count). The molecule has 0 spiro atoms. The molecule has 2 atom stereocenters. The number of para-hydroxylation sites is 2. The Kier molecular flexibility index (Phi) is 4.73. The van der Waals surface area contributed by atoms with Gasteiger partial charge in [0.15, 0.2) is 0 Å². The third kappa shape index (κ3) is 3.18. The number of hydrogen-bond acceptors (Lipinski definition) is 4. The Morgan fingerprint density at radius 2 is 1.56 bits per heavy atom. The van der Waals surface area contributed by atoms with E-state index in [1.807, 2.05) is 18.2 Å². The number of nitro benzene ring substituents is 1. The average Bonchev–Trinajstić information content (AvgIpc) is 3.22. The van der Waals surface area contributed by atoms with Crippen LogP contribution < -0.4 is 10.1 Å². The van der Waals surface area contributed by atoms with Crippen LogP contribution in [0, 0.1) is 10.1 Å². The van der Waals surface area contributed by atoms with E-state index in [9.17, 15) is 10.1 Å². The molecule has 1 aliphatic rings. The Hall–Kier alpha value is -4.32. The molecule has 168 valence electrons. The molecule has 1 aliphatic heterocycles. The van der Waals surface area contributed by atoms with Crippen molar-refractivity contribution in [3.8, 4) is 5.75 Å². The zero-order valence-electron chi connectivity index (χ0n) is 18.6. The highest BCUT2D eigenvalue weighted by atomic mass is 16.6. The average molecular weight is 450 g/mol. The summed E-state index contributed by atoms with van der Waals surface area (Å²) in [5.41, 5.74) is 5.71. The van der Waals surface area contributed by atoms with Crippen LogP contribution in [0.4, 0.5) is 11.4 Å². The number of benzene rings is 4. The van der Waals surface area contributed by atoms with E-state index < -0.39 is 0 Å². The van der Waals surface area contributed by atoms with Gasteiger partial charge >= 0.3 is 0 Å². The fourth-order valence-corrected chi connectivity index (χ4v) is 5.25. The molecule has 6 heteroatoms. The minimum atomic E-state index is -0.361. The molecule has 0 radical (unpaired) electrons. The number of aromatic nitrogens is 1. The number of ether oxygens (including phenoxy) is 1. The first-order valence-electron chi connectivity index (χ1n) is 11.3. The lowest BCUT2D eigenvalue weighted by molar-refractivity contribution is -0.384. The van der Waals surface area contributed by atoms with Gasteiger partial charge in [-0.25, -0.2) is 0 Å². The van der Waals surface area contributed by atoms with Gasteiger partial charge in [0.2, 0.25) is 0 Å². The lowest BCUT2D eigenvalue weighted by Crippen LogP contribution is -2.25. The number of fused-ring (bicyclic) bond motifs is 4. The van der Waals surface area contributed by atoms with Crippen LogP contribution in [0.1, 0.15) is 29.6 Å². The van der Waals surface area contributed by atoms with Crippen molar-refractivity contribution in [2.75, 3.05) is 12.4 Å². The topological polar surface area (TPSA) is 69.3 Å². The number of nitrogens with one attached hydrogen (secondary N) is 1. The van der Waals surface area contributed by atoms with Gasteiger partial charge in [0.05, 0.1) is 24.1 Å². The van der Waals surface area contributed by atoms with Gasteiger partial charge in [-0.15, -0.1) is 0 Å². The maximum absolute atomic E-state index is 11.1. The minimum absolute atomic E-state index is 0.00613. The van der Waals surface area contributed by atoms with Gasteiger partial charge in [-0.1, -0.05) is 48.5 Å². The van der Waals surface area contributed by atoms with Gasteiger partial charge in [-0.05, 0) is 42.3 Å². The fourth-order valence-electron chi connectivity index (χ4n) is 5.25. The quantitative estimate of drug-likeness (QED) is 0.240. The predicted molar refractivity (Wildman–Crippen MR) is 135 cm³/mol. The van der Waals surface area contributed by atoms with Crippen LogP contribution in [0.5, 0.6) is 5.75 Å². The van der Waals surface area contributed by atoms with E-state index in [1.165, 1.54) is 27.4 Å². The smallest absolute Gasteiger partial charge is 0.269 e. The summed E-state index contributed by atoms with van der Waals surface area (Å²) in [7, 11) is 1.69. The molecule has 1 aromatic heterocycles. The van der Waals surface area contributed by atoms with Crippen molar-refractivity contribution in [1.29, 1.82) is 0 Å². The van der Waals surface area contributed by atoms with E-state index in [0.29, 0.717) is 0 Å². The molecule has 0 aliphatic carbocycles. The lowest BCUT2D eigenvalue weighted by Gasteiger charge is -2.35. The Balaban J connectivity index is 1.55. The summed E-state index contributed by atoms with van der Waals surface area (Å²) >= 11 is 0. The molecule has 5 aromatic rings. The normalized spacial score (nSPS) is 17.3. The van der Waals surface area contributed by atoms with Crippen LogP contribution in [0.2, 0.25) is 0 Å². The molecular formula is C28H23N3O3. The van der Waals surface area contributed by atoms with Crippen LogP contribution in [-0.4, -0.2) is 16.6 Å². The highest BCUT2D eigenvalue weighted by Gasteiger charge is 2.31. The van der Waals surface area contributed by atoms with Gasteiger partial charge in [0.1, 0.15) is 5.75 Å². The highest BCUT2D eigenvalue weighted by molar-refractivity contribution is 6.08.